The van der Waals surface area contributed by atoms with Gasteiger partial charge in [0.15, 0.2) is 0 Å². The second-order valence-electron chi connectivity index (χ2n) is 7.90. The normalized spacial score (nSPS) is 17.7. The molecular weight excluding hydrogens is 404 g/mol. The summed E-state index contributed by atoms with van der Waals surface area (Å²) in [5.41, 5.74) is 2.22. The number of sulfonamides is 1. The summed E-state index contributed by atoms with van der Waals surface area (Å²) in [5.74, 6) is -0.622. The van der Waals surface area contributed by atoms with Crippen molar-refractivity contribution in [2.24, 2.45) is 0 Å². The number of nitrogens with zero attached hydrogens (tertiary/aromatic N) is 1. The van der Waals surface area contributed by atoms with E-state index in [1.165, 1.54) is 0 Å². The maximum absolute atomic E-state index is 12.6. The van der Waals surface area contributed by atoms with Crippen LogP contribution in [0.4, 0.5) is 0 Å². The number of carbonyl (C=O) groups excluding carboxylic acids is 2. The number of ether oxygens (including phenoxy) is 1. The van der Waals surface area contributed by atoms with Crippen LogP contribution in [0.3, 0.4) is 0 Å². The van der Waals surface area contributed by atoms with Crippen molar-refractivity contribution in [3.8, 4) is 0 Å². The summed E-state index contributed by atoms with van der Waals surface area (Å²) in [6, 6.07) is 12.5. The van der Waals surface area contributed by atoms with Gasteiger partial charge in [-0.05, 0) is 37.1 Å². The molecule has 4 rings (SSSR count). The van der Waals surface area contributed by atoms with Crippen molar-refractivity contribution in [1.29, 1.82) is 0 Å². The highest BCUT2D eigenvalue weighted by Gasteiger charge is 2.47. The molecule has 1 spiro atoms. The number of likely N-dealkylation sites (tertiary alicyclic amines) is 1. The van der Waals surface area contributed by atoms with E-state index in [2.05, 4.69) is 4.72 Å². The Kier molecular flexibility index (Phi) is 5.15. The number of benzene rings is 2. The van der Waals surface area contributed by atoms with Crippen LogP contribution < -0.4 is 4.72 Å². The molecule has 0 aliphatic carbocycles. The Labute approximate surface area is 176 Å². The molecule has 158 valence electrons. The van der Waals surface area contributed by atoms with Crippen LogP contribution in [0.2, 0.25) is 0 Å². The summed E-state index contributed by atoms with van der Waals surface area (Å²) in [6.45, 7) is 4.03. The minimum absolute atomic E-state index is 0.183. The van der Waals surface area contributed by atoms with Crippen molar-refractivity contribution in [3.63, 3.8) is 0 Å². The van der Waals surface area contributed by atoms with Gasteiger partial charge in [-0.2, -0.15) is 0 Å². The molecule has 2 aromatic carbocycles. The first-order chi connectivity index (χ1) is 14.2. The zero-order chi connectivity index (χ0) is 21.5. The Hall–Kier alpha value is -2.71. The summed E-state index contributed by atoms with van der Waals surface area (Å²) in [4.78, 5) is 26.6. The first kappa shape index (κ1) is 20.6. The molecule has 2 aliphatic rings. The lowest BCUT2D eigenvalue weighted by molar-refractivity contribution is -0.134. The number of aryl methyl sites for hydroxylation is 2. The molecule has 2 aliphatic heterocycles. The van der Waals surface area contributed by atoms with Gasteiger partial charge >= 0.3 is 5.97 Å². The molecule has 30 heavy (non-hydrogen) atoms. The van der Waals surface area contributed by atoms with Crippen molar-refractivity contribution in [3.05, 3.63) is 64.7 Å². The molecule has 2 heterocycles. The quantitative estimate of drug-likeness (QED) is 0.754. The number of rotatable bonds is 4. The van der Waals surface area contributed by atoms with Gasteiger partial charge in [-0.25, -0.2) is 17.9 Å². The average molecular weight is 429 g/mol. The maximum atomic E-state index is 12.6. The van der Waals surface area contributed by atoms with E-state index in [0.29, 0.717) is 37.1 Å². The summed E-state index contributed by atoms with van der Waals surface area (Å²) < 4.78 is 33.4. The minimum atomic E-state index is -3.78. The summed E-state index contributed by atoms with van der Waals surface area (Å²) in [7, 11) is -3.78. The van der Waals surface area contributed by atoms with Crippen molar-refractivity contribution in [1.82, 2.24) is 9.62 Å². The third kappa shape index (κ3) is 3.61. The summed E-state index contributed by atoms with van der Waals surface area (Å²) >= 11 is 0. The highest BCUT2D eigenvalue weighted by Crippen LogP contribution is 2.43. The lowest BCUT2D eigenvalue weighted by Gasteiger charge is -2.38. The first-order valence-corrected chi connectivity index (χ1v) is 11.4. The molecule has 0 atom stereocenters. The van der Waals surface area contributed by atoms with E-state index in [-0.39, 0.29) is 23.3 Å². The van der Waals surface area contributed by atoms with Crippen LogP contribution in [0.1, 0.15) is 39.9 Å². The maximum Gasteiger partial charge on any atom is 0.339 e. The van der Waals surface area contributed by atoms with Crippen molar-refractivity contribution in [2.75, 3.05) is 19.6 Å². The number of fused-ring (bicyclic) bond motifs is 2. The fourth-order valence-electron chi connectivity index (χ4n) is 4.18. The third-order valence-corrected chi connectivity index (χ3v) is 7.44. The topological polar surface area (TPSA) is 92.8 Å². The monoisotopic (exact) mass is 428 g/mol. The van der Waals surface area contributed by atoms with Gasteiger partial charge in [0.25, 0.3) is 0 Å². The first-order valence-electron chi connectivity index (χ1n) is 9.89. The lowest BCUT2D eigenvalue weighted by atomic mass is 9.84. The Morgan fingerprint density at radius 3 is 2.57 bits per heavy atom. The van der Waals surface area contributed by atoms with Crippen LogP contribution in [0.15, 0.2) is 47.4 Å². The molecule has 1 saturated heterocycles. The summed E-state index contributed by atoms with van der Waals surface area (Å²) in [6.07, 6.45) is 0.983. The van der Waals surface area contributed by atoms with E-state index in [4.69, 9.17) is 4.74 Å². The Morgan fingerprint density at radius 1 is 1.13 bits per heavy atom. The Balaban J connectivity index is 1.40. The van der Waals surface area contributed by atoms with Gasteiger partial charge in [-0.15, -0.1) is 0 Å². The second kappa shape index (κ2) is 7.52. The van der Waals surface area contributed by atoms with Crippen molar-refractivity contribution >= 4 is 21.9 Å². The SMILES string of the molecule is Cc1ccc(C)c(S(=O)(=O)NCC(=O)N2CCC3(CC2)OC(=O)c2ccccc23)c1. The molecule has 1 N–H and O–H groups in total. The molecule has 0 saturated carbocycles. The number of amides is 1. The molecule has 1 amide bonds. The number of nitrogens with one attached hydrogen (secondary N) is 1. The number of esters is 1. The van der Waals surface area contributed by atoms with E-state index in [1.807, 2.05) is 25.1 Å². The third-order valence-electron chi connectivity index (χ3n) is 5.90. The van der Waals surface area contributed by atoms with Crippen LogP contribution in [0.25, 0.3) is 0 Å². The fraction of sp³-hybridized carbons (Fsp3) is 0.364. The minimum Gasteiger partial charge on any atom is -0.450 e. The molecule has 7 nitrogen and oxygen atoms in total. The molecule has 1 fully saturated rings. The average Bonchev–Trinajstić information content (AvgIpc) is 3.00. The van der Waals surface area contributed by atoms with Crippen molar-refractivity contribution < 1.29 is 22.7 Å². The molecule has 2 aromatic rings. The van der Waals surface area contributed by atoms with Gasteiger partial charge < -0.3 is 9.64 Å². The van der Waals surface area contributed by atoms with Crippen LogP contribution in [-0.4, -0.2) is 44.8 Å². The predicted molar refractivity (Wildman–Crippen MR) is 110 cm³/mol. The van der Waals surface area contributed by atoms with Gasteiger partial charge in [0.05, 0.1) is 17.0 Å². The smallest absolute Gasteiger partial charge is 0.339 e. The van der Waals surface area contributed by atoms with Crippen LogP contribution >= 0.6 is 0 Å². The molecule has 0 unspecified atom stereocenters. The lowest BCUT2D eigenvalue weighted by Crippen LogP contribution is -2.48. The van der Waals surface area contributed by atoms with Crippen LogP contribution in [0, 0.1) is 13.8 Å². The van der Waals surface area contributed by atoms with Gasteiger partial charge in [-0.3, -0.25) is 4.79 Å². The molecular formula is C22H24N2O5S. The highest BCUT2D eigenvalue weighted by atomic mass is 32.2. The van der Waals surface area contributed by atoms with Gasteiger partial charge in [0, 0.05) is 31.5 Å². The highest BCUT2D eigenvalue weighted by molar-refractivity contribution is 7.89. The Morgan fingerprint density at radius 2 is 1.83 bits per heavy atom. The number of hydrogen-bond acceptors (Lipinski definition) is 5. The van der Waals surface area contributed by atoms with E-state index < -0.39 is 15.6 Å². The van der Waals surface area contributed by atoms with Gasteiger partial charge in [0.1, 0.15) is 5.60 Å². The van der Waals surface area contributed by atoms with Crippen LogP contribution in [-0.2, 0) is 25.2 Å². The number of hydrogen-bond donors (Lipinski definition) is 1. The van der Waals surface area contributed by atoms with Gasteiger partial charge in [-0.1, -0.05) is 30.3 Å². The summed E-state index contributed by atoms with van der Waals surface area (Å²) in [5, 5.41) is 0. The fourth-order valence-corrected chi connectivity index (χ4v) is 5.48. The Bertz CT molecular complexity index is 1120. The van der Waals surface area contributed by atoms with Crippen LogP contribution in [0.5, 0.6) is 0 Å². The van der Waals surface area contributed by atoms with E-state index in [9.17, 15) is 18.0 Å². The number of piperidine rings is 1. The largest absolute Gasteiger partial charge is 0.450 e. The van der Waals surface area contributed by atoms with E-state index in [1.54, 1.807) is 36.1 Å². The van der Waals surface area contributed by atoms with Gasteiger partial charge in [0.2, 0.25) is 15.9 Å². The molecule has 8 heteroatoms. The second-order valence-corrected chi connectivity index (χ2v) is 9.64. The van der Waals surface area contributed by atoms with E-state index in [0.717, 1.165) is 11.1 Å². The zero-order valence-corrected chi connectivity index (χ0v) is 17.8. The molecule has 0 aromatic heterocycles. The molecule has 0 bridgehead atoms. The van der Waals surface area contributed by atoms with Crippen molar-refractivity contribution in [2.45, 2.75) is 37.2 Å². The molecule has 0 radical (unpaired) electrons. The zero-order valence-electron chi connectivity index (χ0n) is 17.0. The standard InChI is InChI=1S/C22H24N2O5S/c1-15-7-8-16(2)19(13-15)30(27,28)23-14-20(25)24-11-9-22(10-12-24)18-6-4-3-5-17(18)21(26)29-22/h3-8,13,23H,9-12,14H2,1-2H3. The predicted octanol–water partition coefficient (Wildman–Crippen LogP) is 2.27. The van der Waals surface area contributed by atoms with E-state index >= 15 is 0 Å². The number of carbonyl (C=O) groups is 2.